The van der Waals surface area contributed by atoms with E-state index in [4.69, 9.17) is 16.3 Å². The molecule has 0 aliphatic carbocycles. The van der Waals surface area contributed by atoms with Crippen LogP contribution in [0.15, 0.2) is 42.5 Å². The highest BCUT2D eigenvalue weighted by Gasteiger charge is 2.24. The Kier molecular flexibility index (Phi) is 7.82. The molecule has 2 unspecified atom stereocenters. The quantitative estimate of drug-likeness (QED) is 0.476. The summed E-state index contributed by atoms with van der Waals surface area (Å²) in [6, 6.07) is 11.6. The van der Waals surface area contributed by atoms with Gasteiger partial charge in [-0.15, -0.1) is 12.4 Å². The number of hydrogen-bond donors (Lipinski definition) is 3. The second-order valence-electron chi connectivity index (χ2n) is 6.23. The Morgan fingerprint density at radius 1 is 1.26 bits per heavy atom. The maximum absolute atomic E-state index is 11.1. The lowest BCUT2D eigenvalue weighted by atomic mass is 10.1. The highest BCUT2D eigenvalue weighted by atomic mass is 35.5. The van der Waals surface area contributed by atoms with Gasteiger partial charge in [0.25, 0.3) is 0 Å². The van der Waals surface area contributed by atoms with Crippen LogP contribution in [0.2, 0.25) is 5.02 Å². The van der Waals surface area contributed by atoms with Gasteiger partial charge in [0.15, 0.2) is 0 Å². The molecule has 9 heteroatoms. The number of nitrogens with one attached hydrogen (secondary N) is 2. The molecule has 146 valence electrons. The fourth-order valence-corrected chi connectivity index (χ4v) is 3.02. The van der Waals surface area contributed by atoms with Gasteiger partial charge in [-0.1, -0.05) is 23.7 Å². The van der Waals surface area contributed by atoms with E-state index in [1.807, 2.05) is 12.1 Å². The molecule has 1 heterocycles. The maximum Gasteiger partial charge on any atom is 0.313 e. The van der Waals surface area contributed by atoms with Crippen LogP contribution < -0.4 is 15.4 Å². The predicted octanol–water partition coefficient (Wildman–Crippen LogP) is 3.13. The van der Waals surface area contributed by atoms with E-state index >= 15 is 0 Å². The standard InChI is InChI=1S/C18H20ClN3O4.ClH/c19-14-3-6-18(16(7-14)22(24)25)26-15-4-1-12(2-5-15)8-20-9-13-10-21-11-17(13)23;/h1-7,13,17,20-21,23H,8-11H2;1H. The Morgan fingerprint density at radius 2 is 2.00 bits per heavy atom. The lowest BCUT2D eigenvalue weighted by molar-refractivity contribution is -0.385. The molecular formula is C18H21Cl2N3O4. The number of nitro groups is 1. The topological polar surface area (TPSA) is 96.7 Å². The van der Waals surface area contributed by atoms with Crippen LogP contribution in [0, 0.1) is 16.0 Å². The molecule has 2 aromatic carbocycles. The summed E-state index contributed by atoms with van der Waals surface area (Å²) in [5.74, 6) is 0.880. The van der Waals surface area contributed by atoms with Crippen LogP contribution >= 0.6 is 24.0 Å². The normalized spacial score (nSPS) is 18.7. The monoisotopic (exact) mass is 413 g/mol. The van der Waals surface area contributed by atoms with E-state index in [2.05, 4.69) is 10.6 Å². The summed E-state index contributed by atoms with van der Waals surface area (Å²) >= 11 is 5.80. The van der Waals surface area contributed by atoms with E-state index in [0.717, 1.165) is 18.7 Å². The number of nitro benzene ring substituents is 1. The Bertz CT molecular complexity index is 774. The van der Waals surface area contributed by atoms with Crippen molar-refractivity contribution in [2.75, 3.05) is 19.6 Å². The largest absolute Gasteiger partial charge is 0.450 e. The van der Waals surface area contributed by atoms with Crippen molar-refractivity contribution in [1.82, 2.24) is 10.6 Å². The molecule has 2 aromatic rings. The van der Waals surface area contributed by atoms with Crippen molar-refractivity contribution in [3.05, 3.63) is 63.2 Å². The summed E-state index contributed by atoms with van der Waals surface area (Å²) in [5, 5.41) is 27.6. The number of benzene rings is 2. The molecule has 0 bridgehead atoms. The zero-order chi connectivity index (χ0) is 18.5. The van der Waals surface area contributed by atoms with Gasteiger partial charge >= 0.3 is 5.69 Å². The molecule has 3 N–H and O–H groups in total. The molecule has 0 spiro atoms. The number of β-amino-alcohol motifs (C(OH)–C–C–N with tert-alkyl or cyclic N) is 1. The number of ether oxygens (including phenoxy) is 1. The number of aliphatic hydroxyl groups is 1. The molecule has 0 saturated carbocycles. The minimum atomic E-state index is -0.522. The number of halogens is 2. The van der Waals surface area contributed by atoms with E-state index in [0.29, 0.717) is 18.8 Å². The fourth-order valence-electron chi connectivity index (χ4n) is 2.85. The van der Waals surface area contributed by atoms with Gasteiger partial charge in [0.1, 0.15) is 5.75 Å². The second-order valence-corrected chi connectivity index (χ2v) is 6.67. The minimum absolute atomic E-state index is 0. The van der Waals surface area contributed by atoms with E-state index in [9.17, 15) is 15.2 Å². The third-order valence-electron chi connectivity index (χ3n) is 4.31. The van der Waals surface area contributed by atoms with Gasteiger partial charge in [-0.05, 0) is 29.8 Å². The smallest absolute Gasteiger partial charge is 0.313 e. The first-order valence-electron chi connectivity index (χ1n) is 8.33. The second kappa shape index (κ2) is 9.87. The van der Waals surface area contributed by atoms with Crippen molar-refractivity contribution in [2.45, 2.75) is 12.6 Å². The summed E-state index contributed by atoms with van der Waals surface area (Å²) in [7, 11) is 0. The fraction of sp³-hybridized carbons (Fsp3) is 0.333. The Hall–Kier alpha value is -1.90. The molecule has 27 heavy (non-hydrogen) atoms. The number of rotatable bonds is 7. The molecule has 1 aliphatic rings. The van der Waals surface area contributed by atoms with Crippen LogP contribution in [0.5, 0.6) is 11.5 Å². The highest BCUT2D eigenvalue weighted by Crippen LogP contribution is 2.33. The molecule has 1 saturated heterocycles. The first-order valence-corrected chi connectivity index (χ1v) is 8.71. The first kappa shape index (κ1) is 21.4. The van der Waals surface area contributed by atoms with Crippen molar-refractivity contribution in [1.29, 1.82) is 0 Å². The van der Waals surface area contributed by atoms with Gasteiger partial charge in [0.2, 0.25) is 5.75 Å². The summed E-state index contributed by atoms with van der Waals surface area (Å²) in [6.07, 6.45) is -0.298. The molecular weight excluding hydrogens is 393 g/mol. The zero-order valence-electron chi connectivity index (χ0n) is 14.4. The van der Waals surface area contributed by atoms with Crippen molar-refractivity contribution in [2.24, 2.45) is 5.92 Å². The van der Waals surface area contributed by atoms with Crippen LogP contribution in [0.1, 0.15) is 5.56 Å². The van der Waals surface area contributed by atoms with Crippen LogP contribution in [0.4, 0.5) is 5.69 Å². The SMILES string of the molecule is Cl.O=[N+]([O-])c1cc(Cl)ccc1Oc1ccc(CNCC2CNCC2O)cc1. The molecule has 1 fully saturated rings. The maximum atomic E-state index is 11.1. The van der Waals surface area contributed by atoms with Gasteiger partial charge in [-0.3, -0.25) is 10.1 Å². The summed E-state index contributed by atoms with van der Waals surface area (Å²) in [5.41, 5.74) is 0.885. The van der Waals surface area contributed by atoms with Crippen LogP contribution in [-0.2, 0) is 6.54 Å². The predicted molar refractivity (Wildman–Crippen MR) is 106 cm³/mol. The molecule has 7 nitrogen and oxygen atoms in total. The Morgan fingerprint density at radius 3 is 2.63 bits per heavy atom. The van der Waals surface area contributed by atoms with Gasteiger partial charge in [-0.2, -0.15) is 0 Å². The van der Waals surface area contributed by atoms with Gasteiger partial charge in [0, 0.05) is 43.2 Å². The zero-order valence-corrected chi connectivity index (χ0v) is 16.0. The Balaban J connectivity index is 0.00000261. The average Bonchev–Trinajstić information content (AvgIpc) is 3.03. The van der Waals surface area contributed by atoms with Crippen molar-refractivity contribution in [3.8, 4) is 11.5 Å². The Labute approximate surface area is 168 Å². The molecule has 2 atom stereocenters. The molecule has 1 aliphatic heterocycles. The molecule has 0 amide bonds. The van der Waals surface area contributed by atoms with E-state index in [1.54, 1.807) is 18.2 Å². The van der Waals surface area contributed by atoms with Crippen LogP contribution in [0.3, 0.4) is 0 Å². The molecule has 3 rings (SSSR count). The summed E-state index contributed by atoms with van der Waals surface area (Å²) < 4.78 is 5.62. The number of nitrogens with zero attached hydrogens (tertiary/aromatic N) is 1. The van der Waals surface area contributed by atoms with Gasteiger partial charge < -0.3 is 20.5 Å². The van der Waals surface area contributed by atoms with Gasteiger partial charge in [0.05, 0.1) is 11.0 Å². The van der Waals surface area contributed by atoms with Crippen LogP contribution in [-0.4, -0.2) is 35.8 Å². The number of aliphatic hydroxyl groups excluding tert-OH is 1. The average molecular weight is 414 g/mol. The van der Waals surface area contributed by atoms with E-state index < -0.39 is 4.92 Å². The third kappa shape index (κ3) is 5.79. The number of hydrogen-bond acceptors (Lipinski definition) is 6. The van der Waals surface area contributed by atoms with Crippen molar-refractivity contribution < 1.29 is 14.8 Å². The van der Waals surface area contributed by atoms with E-state index in [1.165, 1.54) is 12.1 Å². The first-order chi connectivity index (χ1) is 12.5. The minimum Gasteiger partial charge on any atom is -0.450 e. The molecule has 0 aromatic heterocycles. The highest BCUT2D eigenvalue weighted by molar-refractivity contribution is 6.30. The lowest BCUT2D eigenvalue weighted by Gasteiger charge is -2.14. The third-order valence-corrected chi connectivity index (χ3v) is 4.54. The molecule has 0 radical (unpaired) electrons. The van der Waals surface area contributed by atoms with Crippen molar-refractivity contribution >= 4 is 29.7 Å². The van der Waals surface area contributed by atoms with Crippen molar-refractivity contribution in [3.63, 3.8) is 0 Å². The van der Waals surface area contributed by atoms with E-state index in [-0.39, 0.29) is 40.9 Å². The lowest BCUT2D eigenvalue weighted by Crippen LogP contribution is -2.30. The summed E-state index contributed by atoms with van der Waals surface area (Å²) in [4.78, 5) is 10.6. The van der Waals surface area contributed by atoms with Crippen LogP contribution in [0.25, 0.3) is 0 Å². The van der Waals surface area contributed by atoms with Gasteiger partial charge in [-0.25, -0.2) is 0 Å². The summed E-state index contributed by atoms with van der Waals surface area (Å²) in [6.45, 7) is 2.88.